The van der Waals surface area contributed by atoms with Gasteiger partial charge in [-0.1, -0.05) is 11.8 Å². The van der Waals surface area contributed by atoms with Crippen molar-refractivity contribution >= 4 is 39.3 Å². The van der Waals surface area contributed by atoms with Gasteiger partial charge in [0.2, 0.25) is 0 Å². The smallest absolute Gasteiger partial charge is 0.169 e. The van der Waals surface area contributed by atoms with E-state index in [9.17, 15) is 9.65 Å². The molecule has 7 nitrogen and oxygen atoms in total. The van der Waals surface area contributed by atoms with Gasteiger partial charge in [0.1, 0.15) is 17.1 Å². The maximum absolute atomic E-state index is 13.4. The highest BCUT2D eigenvalue weighted by Crippen LogP contribution is 2.59. The number of hydrogen-bond acceptors (Lipinski definition) is 8. The average molecular weight is 484 g/mol. The number of imidazole rings is 1. The topological polar surface area (TPSA) is 113 Å². The van der Waals surface area contributed by atoms with Crippen LogP contribution in [-0.2, 0) is 5.41 Å². The van der Waals surface area contributed by atoms with Crippen molar-refractivity contribution in [2.75, 3.05) is 19.8 Å². The summed E-state index contributed by atoms with van der Waals surface area (Å²) in [6.45, 7) is 1.64. The highest BCUT2D eigenvalue weighted by atomic mass is 32.2. The third-order valence-corrected chi connectivity index (χ3v) is 9.80. The van der Waals surface area contributed by atoms with E-state index in [2.05, 4.69) is 27.2 Å². The molecule has 4 aliphatic rings. The zero-order valence-electron chi connectivity index (χ0n) is 18.2. The number of aromatic nitrogens is 2. The quantitative estimate of drug-likeness (QED) is 0.269. The number of nitrogens with zero attached hydrogens (tertiary/aromatic N) is 3. The molecule has 172 valence electrons. The SMILES string of the molecule is N#CC1(C(=N)SC(=N)c2ncc3c(C45CCNCC4C5)cc(SNC4(CF)CC4)cn23)CC1. The van der Waals surface area contributed by atoms with Gasteiger partial charge in [-0.25, -0.2) is 9.37 Å². The Hall–Kier alpha value is -1.93. The number of fused-ring (bicyclic) bond motifs is 2. The number of nitriles is 1. The number of piperidine rings is 1. The summed E-state index contributed by atoms with van der Waals surface area (Å²) in [7, 11) is 0. The van der Waals surface area contributed by atoms with E-state index in [1.807, 2.05) is 16.8 Å². The van der Waals surface area contributed by atoms with E-state index in [4.69, 9.17) is 10.8 Å². The lowest BCUT2D eigenvalue weighted by Crippen LogP contribution is -2.32. The first-order valence-corrected chi connectivity index (χ1v) is 13.1. The molecule has 0 bridgehead atoms. The van der Waals surface area contributed by atoms with Gasteiger partial charge in [0.05, 0.1) is 28.4 Å². The second kappa shape index (κ2) is 7.54. The van der Waals surface area contributed by atoms with Crippen LogP contribution in [0.1, 0.15) is 49.9 Å². The van der Waals surface area contributed by atoms with E-state index in [0.29, 0.717) is 24.6 Å². The second-order valence-electron chi connectivity index (χ2n) is 10.0. The highest BCUT2D eigenvalue weighted by molar-refractivity contribution is 8.26. The molecule has 6 rings (SSSR count). The third-order valence-electron chi connectivity index (χ3n) is 7.82. The van der Waals surface area contributed by atoms with Gasteiger partial charge in [0.15, 0.2) is 5.82 Å². The molecule has 0 radical (unpaired) electrons. The van der Waals surface area contributed by atoms with Crippen molar-refractivity contribution in [1.29, 1.82) is 16.1 Å². The number of nitrogens with one attached hydrogen (secondary N) is 4. The van der Waals surface area contributed by atoms with Crippen LogP contribution in [0.4, 0.5) is 4.39 Å². The standard InChI is InChI=1S/C23H26FN7S2/c24-12-22(3-4-22)30-33-15-7-16(23-5-6-28-9-14(23)8-23)17-10-29-19(31(17)11-15)18(26)32-20(27)21(13-25)1-2-21/h7,10-11,14,26-28,30H,1-6,8-9,12H2. The van der Waals surface area contributed by atoms with Crippen molar-refractivity contribution in [2.24, 2.45) is 11.3 Å². The average Bonchev–Trinajstić information content (AvgIpc) is 3.73. The van der Waals surface area contributed by atoms with Gasteiger partial charge in [-0.05, 0) is 81.1 Å². The van der Waals surface area contributed by atoms with Crippen LogP contribution in [0.25, 0.3) is 5.52 Å². The first-order chi connectivity index (χ1) is 15.9. The van der Waals surface area contributed by atoms with Crippen molar-refractivity contribution in [2.45, 2.75) is 54.4 Å². The molecule has 3 aliphatic carbocycles. The van der Waals surface area contributed by atoms with Gasteiger partial charge >= 0.3 is 0 Å². The van der Waals surface area contributed by atoms with Gasteiger partial charge in [0.25, 0.3) is 0 Å². The largest absolute Gasteiger partial charge is 0.316 e. The summed E-state index contributed by atoms with van der Waals surface area (Å²) in [4.78, 5) is 5.58. The summed E-state index contributed by atoms with van der Waals surface area (Å²) in [5.74, 6) is 1.10. The summed E-state index contributed by atoms with van der Waals surface area (Å²) in [6, 6.07) is 4.46. The Kier molecular flexibility index (Phi) is 4.93. The molecule has 33 heavy (non-hydrogen) atoms. The minimum absolute atomic E-state index is 0.138. The fourth-order valence-electron chi connectivity index (χ4n) is 5.04. The normalized spacial score (nSPS) is 28.1. The molecule has 1 aliphatic heterocycles. The van der Waals surface area contributed by atoms with E-state index >= 15 is 0 Å². The van der Waals surface area contributed by atoms with Gasteiger partial charge in [0, 0.05) is 16.5 Å². The fourth-order valence-corrected chi connectivity index (χ4v) is 6.86. The predicted molar refractivity (Wildman–Crippen MR) is 129 cm³/mol. The van der Waals surface area contributed by atoms with E-state index in [-0.39, 0.29) is 22.2 Å². The second-order valence-corrected chi connectivity index (χ2v) is 11.9. The van der Waals surface area contributed by atoms with Gasteiger partial charge in [-0.15, -0.1) is 0 Å². The Morgan fingerprint density at radius 3 is 2.82 bits per heavy atom. The number of pyridine rings is 1. The first-order valence-electron chi connectivity index (χ1n) is 11.4. The molecule has 0 aromatic carbocycles. The molecular weight excluding hydrogens is 457 g/mol. The lowest BCUT2D eigenvalue weighted by Gasteiger charge is -2.25. The molecule has 2 aromatic heterocycles. The summed E-state index contributed by atoms with van der Waals surface area (Å²) in [5, 5.41) is 30.3. The number of hydrogen-bond donors (Lipinski definition) is 4. The van der Waals surface area contributed by atoms with Crippen molar-refractivity contribution < 1.29 is 4.39 Å². The zero-order chi connectivity index (χ0) is 22.8. The fraction of sp³-hybridized carbons (Fsp3) is 0.565. The van der Waals surface area contributed by atoms with E-state index in [0.717, 1.165) is 60.9 Å². The Labute approximate surface area is 200 Å². The van der Waals surface area contributed by atoms with Crippen LogP contribution >= 0.6 is 23.7 Å². The molecule has 2 unspecified atom stereocenters. The van der Waals surface area contributed by atoms with Crippen molar-refractivity contribution in [3.8, 4) is 6.07 Å². The molecule has 3 saturated carbocycles. The van der Waals surface area contributed by atoms with Crippen LogP contribution in [0, 0.1) is 33.5 Å². The van der Waals surface area contributed by atoms with Crippen LogP contribution in [0.15, 0.2) is 23.4 Å². The predicted octanol–water partition coefficient (Wildman–Crippen LogP) is 4.02. The first kappa shape index (κ1) is 21.6. The van der Waals surface area contributed by atoms with Crippen molar-refractivity contribution in [3.05, 3.63) is 29.8 Å². The Morgan fingerprint density at radius 1 is 1.33 bits per heavy atom. The minimum atomic E-state index is -0.708. The number of alkyl halides is 1. The molecule has 4 N–H and O–H groups in total. The summed E-state index contributed by atoms with van der Waals surface area (Å²) in [5.41, 5.74) is 1.29. The molecule has 1 saturated heterocycles. The molecule has 0 spiro atoms. The van der Waals surface area contributed by atoms with Crippen LogP contribution in [0.2, 0.25) is 0 Å². The van der Waals surface area contributed by atoms with Crippen LogP contribution in [0.5, 0.6) is 0 Å². The van der Waals surface area contributed by atoms with E-state index in [1.165, 1.54) is 17.5 Å². The molecule has 0 amide bonds. The van der Waals surface area contributed by atoms with E-state index < -0.39 is 11.0 Å². The third kappa shape index (κ3) is 3.52. The summed E-state index contributed by atoms with van der Waals surface area (Å²) in [6.07, 6.45) is 9.12. The number of halogens is 1. The lowest BCUT2D eigenvalue weighted by molar-refractivity contribution is 0.402. The van der Waals surface area contributed by atoms with Crippen LogP contribution in [0.3, 0.4) is 0 Å². The van der Waals surface area contributed by atoms with E-state index in [1.54, 1.807) is 0 Å². The molecule has 10 heteroatoms. The minimum Gasteiger partial charge on any atom is -0.316 e. The van der Waals surface area contributed by atoms with Crippen LogP contribution < -0.4 is 10.0 Å². The molecular formula is C23H26FN7S2. The molecule has 2 aromatic rings. The Balaban J connectivity index is 1.36. The summed E-state index contributed by atoms with van der Waals surface area (Å²) >= 11 is 2.50. The van der Waals surface area contributed by atoms with Gasteiger partial charge in [-0.3, -0.25) is 19.9 Å². The zero-order valence-corrected chi connectivity index (χ0v) is 19.8. The maximum atomic E-state index is 13.4. The maximum Gasteiger partial charge on any atom is 0.169 e. The Morgan fingerprint density at radius 2 is 2.15 bits per heavy atom. The molecule has 2 atom stereocenters. The van der Waals surface area contributed by atoms with Gasteiger partial charge < -0.3 is 5.32 Å². The number of rotatable bonds is 7. The van der Waals surface area contributed by atoms with Crippen molar-refractivity contribution in [1.82, 2.24) is 19.4 Å². The van der Waals surface area contributed by atoms with Crippen molar-refractivity contribution in [3.63, 3.8) is 0 Å². The molecule has 3 heterocycles. The Bertz CT molecular complexity index is 1210. The van der Waals surface area contributed by atoms with Crippen LogP contribution in [-0.4, -0.2) is 44.8 Å². The van der Waals surface area contributed by atoms with Gasteiger partial charge in [-0.2, -0.15) is 5.26 Å². The summed E-state index contributed by atoms with van der Waals surface area (Å²) < 4.78 is 18.7. The monoisotopic (exact) mass is 483 g/mol. The highest BCUT2D eigenvalue weighted by Gasteiger charge is 2.57. The number of thioether (sulfide) groups is 1. The lowest BCUT2D eigenvalue weighted by atomic mass is 9.87. The molecule has 4 fully saturated rings.